The van der Waals surface area contributed by atoms with Crippen LogP contribution in [0.15, 0.2) is 77.7 Å². The molecule has 9 heteroatoms. The second-order valence-corrected chi connectivity index (χ2v) is 13.7. The van der Waals surface area contributed by atoms with Gasteiger partial charge < -0.3 is 10.2 Å². The Bertz CT molecular complexity index is 1480. The molecule has 0 spiro atoms. The van der Waals surface area contributed by atoms with Crippen molar-refractivity contribution in [2.75, 3.05) is 10.8 Å². The van der Waals surface area contributed by atoms with E-state index in [9.17, 15) is 18.0 Å². The van der Waals surface area contributed by atoms with Gasteiger partial charge in [-0.2, -0.15) is 0 Å². The molecule has 2 amide bonds. The number of hydrogen-bond acceptors (Lipinski definition) is 4. The molecule has 4 rings (SSSR count). The Morgan fingerprint density at radius 2 is 1.60 bits per heavy atom. The molecular formula is C33H40ClN3O4S. The largest absolute Gasteiger partial charge is 0.352 e. The lowest BCUT2D eigenvalue weighted by Crippen LogP contribution is -2.52. The van der Waals surface area contributed by atoms with Gasteiger partial charge in [-0.1, -0.05) is 80.3 Å². The average molecular weight is 610 g/mol. The summed E-state index contributed by atoms with van der Waals surface area (Å²) in [5.74, 6) is -0.491. The van der Waals surface area contributed by atoms with Gasteiger partial charge in [0.1, 0.15) is 12.6 Å². The third-order valence-corrected chi connectivity index (χ3v) is 9.87. The van der Waals surface area contributed by atoms with E-state index in [-0.39, 0.29) is 29.3 Å². The van der Waals surface area contributed by atoms with Crippen LogP contribution in [0.4, 0.5) is 5.69 Å². The summed E-state index contributed by atoms with van der Waals surface area (Å²) in [5.41, 5.74) is 3.09. The Morgan fingerprint density at radius 3 is 2.19 bits per heavy atom. The summed E-state index contributed by atoms with van der Waals surface area (Å²) in [4.78, 5) is 29.0. The van der Waals surface area contributed by atoms with Crippen molar-refractivity contribution < 1.29 is 18.0 Å². The normalized spacial score (nSPS) is 14.5. The van der Waals surface area contributed by atoms with Crippen LogP contribution in [0.3, 0.4) is 0 Å². The molecular weight excluding hydrogens is 570 g/mol. The van der Waals surface area contributed by atoms with Crippen molar-refractivity contribution in [3.63, 3.8) is 0 Å². The van der Waals surface area contributed by atoms with E-state index in [4.69, 9.17) is 11.6 Å². The van der Waals surface area contributed by atoms with Crippen molar-refractivity contribution in [3.05, 3.63) is 94.5 Å². The first-order chi connectivity index (χ1) is 20.0. The summed E-state index contributed by atoms with van der Waals surface area (Å²) in [6, 6.07) is 20.1. The van der Waals surface area contributed by atoms with Gasteiger partial charge in [0.05, 0.1) is 10.6 Å². The third kappa shape index (κ3) is 7.72. The van der Waals surface area contributed by atoms with E-state index >= 15 is 0 Å². The van der Waals surface area contributed by atoms with E-state index in [2.05, 4.69) is 19.2 Å². The Kier molecular flexibility index (Phi) is 10.3. The summed E-state index contributed by atoms with van der Waals surface area (Å²) in [6.07, 6.45) is 3.95. The van der Waals surface area contributed by atoms with Crippen molar-refractivity contribution in [1.82, 2.24) is 10.2 Å². The van der Waals surface area contributed by atoms with Gasteiger partial charge in [-0.25, -0.2) is 8.42 Å². The van der Waals surface area contributed by atoms with Crippen molar-refractivity contribution in [3.8, 4) is 0 Å². The fourth-order valence-corrected chi connectivity index (χ4v) is 6.83. The topological polar surface area (TPSA) is 86.8 Å². The number of anilines is 1. The molecule has 0 aliphatic heterocycles. The minimum atomic E-state index is -4.11. The highest BCUT2D eigenvalue weighted by molar-refractivity contribution is 7.92. The van der Waals surface area contributed by atoms with E-state index in [1.807, 2.05) is 25.1 Å². The van der Waals surface area contributed by atoms with Crippen LogP contribution < -0.4 is 9.62 Å². The summed E-state index contributed by atoms with van der Waals surface area (Å²) < 4.78 is 29.2. The number of hydrogen-bond donors (Lipinski definition) is 1. The highest BCUT2D eigenvalue weighted by Gasteiger charge is 2.33. The van der Waals surface area contributed by atoms with Crippen LogP contribution in [0.2, 0.25) is 5.02 Å². The second-order valence-electron chi connectivity index (χ2n) is 11.4. The maximum atomic E-state index is 14.1. The quantitative estimate of drug-likeness (QED) is 0.271. The van der Waals surface area contributed by atoms with E-state index in [0.717, 1.165) is 46.7 Å². The number of rotatable bonds is 11. The predicted molar refractivity (Wildman–Crippen MR) is 168 cm³/mol. The van der Waals surface area contributed by atoms with Gasteiger partial charge in [-0.3, -0.25) is 13.9 Å². The number of aryl methyl sites for hydroxylation is 1. The molecule has 1 N–H and O–H groups in total. The zero-order valence-corrected chi connectivity index (χ0v) is 26.3. The Balaban J connectivity index is 1.70. The van der Waals surface area contributed by atoms with Gasteiger partial charge >= 0.3 is 0 Å². The lowest BCUT2D eigenvalue weighted by molar-refractivity contribution is -0.139. The molecule has 1 saturated carbocycles. The number of carbonyl (C=O) groups excluding carboxylic acids is 2. The van der Waals surface area contributed by atoms with Crippen LogP contribution in [0.25, 0.3) is 0 Å². The molecule has 1 fully saturated rings. The minimum Gasteiger partial charge on any atom is -0.352 e. The first-order valence-electron chi connectivity index (χ1n) is 14.5. The average Bonchev–Trinajstić information content (AvgIpc) is 3.47. The van der Waals surface area contributed by atoms with Crippen molar-refractivity contribution in [2.24, 2.45) is 0 Å². The zero-order valence-electron chi connectivity index (χ0n) is 24.7. The lowest BCUT2D eigenvalue weighted by atomic mass is 10.0. The number of carbonyl (C=O) groups is 2. The Hall–Kier alpha value is -3.36. The fourth-order valence-electron chi connectivity index (χ4n) is 5.20. The maximum absolute atomic E-state index is 14.1. The molecule has 7 nitrogen and oxygen atoms in total. The second kappa shape index (κ2) is 13.7. The van der Waals surface area contributed by atoms with Crippen LogP contribution >= 0.6 is 11.6 Å². The molecule has 1 aliphatic rings. The minimum absolute atomic E-state index is 0.0842. The van der Waals surface area contributed by atoms with E-state index in [1.54, 1.807) is 61.5 Å². The first kappa shape index (κ1) is 31.6. The summed E-state index contributed by atoms with van der Waals surface area (Å²) >= 11 is 6.23. The Morgan fingerprint density at radius 1 is 0.952 bits per heavy atom. The van der Waals surface area contributed by atoms with E-state index in [0.29, 0.717) is 10.7 Å². The summed E-state index contributed by atoms with van der Waals surface area (Å²) in [5, 5.41) is 3.59. The number of nitrogens with zero attached hydrogens (tertiary/aromatic N) is 2. The first-order valence-corrected chi connectivity index (χ1v) is 16.3. The number of nitrogens with one attached hydrogen (secondary N) is 1. The fraction of sp³-hybridized carbons (Fsp3) is 0.394. The van der Waals surface area contributed by atoms with Gasteiger partial charge in [-0.15, -0.1) is 0 Å². The SMILES string of the molecule is Cc1ccc(S(=O)(=O)N(CC(=O)N(Cc2cccc(Cl)c2)C(C)C(=O)NC2CCCC2)c2ccc(C(C)C)cc2)cc1. The van der Waals surface area contributed by atoms with Crippen LogP contribution in [0, 0.1) is 6.92 Å². The van der Waals surface area contributed by atoms with Gasteiger partial charge in [-0.05, 0) is 80.1 Å². The van der Waals surface area contributed by atoms with Gasteiger partial charge in [0.2, 0.25) is 11.8 Å². The summed E-state index contributed by atoms with van der Waals surface area (Å²) in [6.45, 7) is 7.31. The standard InChI is InChI=1S/C33H40ClN3O4S/c1-23(2)27-14-16-30(17-15-27)37(42(40,41)31-18-12-24(3)13-19-31)22-32(38)36(21-26-8-7-9-28(34)20-26)25(4)33(39)35-29-10-5-6-11-29/h7-9,12-20,23,25,29H,5-6,10-11,21-22H2,1-4H3,(H,35,39). The summed E-state index contributed by atoms with van der Waals surface area (Å²) in [7, 11) is -4.11. The molecule has 1 aliphatic carbocycles. The van der Waals surface area contributed by atoms with Crippen LogP contribution in [0.1, 0.15) is 69.1 Å². The third-order valence-electron chi connectivity index (χ3n) is 7.85. The number of halogens is 1. The molecule has 0 radical (unpaired) electrons. The lowest BCUT2D eigenvalue weighted by Gasteiger charge is -2.32. The molecule has 0 heterocycles. The van der Waals surface area contributed by atoms with Crippen LogP contribution in [-0.2, 0) is 26.2 Å². The van der Waals surface area contributed by atoms with Crippen molar-refractivity contribution in [2.45, 2.75) is 82.8 Å². The monoisotopic (exact) mass is 609 g/mol. The molecule has 3 aromatic carbocycles. The van der Waals surface area contributed by atoms with Crippen molar-refractivity contribution in [1.29, 1.82) is 0 Å². The van der Waals surface area contributed by atoms with Crippen molar-refractivity contribution >= 4 is 39.1 Å². The molecule has 3 aromatic rings. The highest BCUT2D eigenvalue weighted by Crippen LogP contribution is 2.27. The molecule has 42 heavy (non-hydrogen) atoms. The maximum Gasteiger partial charge on any atom is 0.264 e. The number of sulfonamides is 1. The number of amides is 2. The molecule has 0 saturated heterocycles. The zero-order chi connectivity index (χ0) is 30.4. The highest BCUT2D eigenvalue weighted by atomic mass is 35.5. The molecule has 0 aromatic heterocycles. The van der Waals surface area contributed by atoms with Crippen LogP contribution in [0.5, 0.6) is 0 Å². The van der Waals surface area contributed by atoms with Crippen LogP contribution in [-0.4, -0.2) is 43.8 Å². The van der Waals surface area contributed by atoms with Gasteiger partial charge in [0.25, 0.3) is 10.0 Å². The van der Waals surface area contributed by atoms with Gasteiger partial charge in [0, 0.05) is 17.6 Å². The van der Waals surface area contributed by atoms with E-state index < -0.39 is 28.5 Å². The smallest absolute Gasteiger partial charge is 0.264 e. The van der Waals surface area contributed by atoms with E-state index in [1.165, 1.54) is 4.90 Å². The molecule has 224 valence electrons. The molecule has 0 bridgehead atoms. The number of benzene rings is 3. The van der Waals surface area contributed by atoms with Gasteiger partial charge in [0.15, 0.2) is 0 Å². The molecule has 1 atom stereocenters. The Labute approximate surface area is 254 Å². The predicted octanol–water partition coefficient (Wildman–Crippen LogP) is 6.44. The molecule has 1 unspecified atom stereocenters.